The average molecular weight is 221 g/mol. The van der Waals surface area contributed by atoms with Gasteiger partial charge in [-0.25, -0.2) is 0 Å². The van der Waals surface area contributed by atoms with Crippen molar-refractivity contribution in [1.82, 2.24) is 5.32 Å². The van der Waals surface area contributed by atoms with Gasteiger partial charge in [0.2, 0.25) is 0 Å². The fraction of sp³-hybridized carbons (Fsp3) is 0.571. The van der Waals surface area contributed by atoms with Gasteiger partial charge < -0.3 is 10.1 Å². The molecule has 0 aliphatic rings. The molecule has 2 heteroatoms. The smallest absolute Gasteiger partial charge is 0.0474 e. The van der Waals surface area contributed by atoms with Crippen LogP contribution in [0, 0.1) is 6.92 Å². The molecule has 0 aromatic heterocycles. The van der Waals surface area contributed by atoms with Crippen molar-refractivity contribution in [2.24, 2.45) is 0 Å². The minimum absolute atomic E-state index is 0.527. The maximum Gasteiger partial charge on any atom is 0.0474 e. The zero-order valence-electron chi connectivity index (χ0n) is 10.6. The van der Waals surface area contributed by atoms with Crippen LogP contribution >= 0.6 is 0 Å². The quantitative estimate of drug-likeness (QED) is 0.714. The second-order valence-electron chi connectivity index (χ2n) is 4.39. The molecular formula is C14H23NO. The summed E-state index contributed by atoms with van der Waals surface area (Å²) in [4.78, 5) is 0. The molecule has 0 bridgehead atoms. The average Bonchev–Trinajstić information content (AvgIpc) is 2.28. The Bertz CT molecular complexity index is 281. The number of hydrogen-bond donors (Lipinski definition) is 1. The minimum atomic E-state index is 0.527. The lowest BCUT2D eigenvalue weighted by molar-refractivity contribution is 0.193. The van der Waals surface area contributed by atoms with E-state index in [0.717, 1.165) is 26.0 Å². The van der Waals surface area contributed by atoms with Crippen LogP contribution < -0.4 is 5.32 Å². The van der Waals surface area contributed by atoms with E-state index in [-0.39, 0.29) is 0 Å². The summed E-state index contributed by atoms with van der Waals surface area (Å²) in [5.74, 6) is 0. The molecule has 1 atom stereocenters. The summed E-state index contributed by atoms with van der Waals surface area (Å²) < 4.78 is 5.02. The van der Waals surface area contributed by atoms with Crippen molar-refractivity contribution in [2.75, 3.05) is 20.3 Å². The molecule has 0 saturated carbocycles. The molecule has 1 N–H and O–H groups in total. The molecule has 1 rings (SSSR count). The fourth-order valence-electron chi connectivity index (χ4n) is 1.71. The van der Waals surface area contributed by atoms with Crippen molar-refractivity contribution in [1.29, 1.82) is 0 Å². The van der Waals surface area contributed by atoms with Crippen molar-refractivity contribution in [3.63, 3.8) is 0 Å². The number of aryl methyl sites for hydroxylation is 1. The molecule has 1 aromatic rings. The van der Waals surface area contributed by atoms with Gasteiger partial charge in [0.15, 0.2) is 0 Å². The van der Waals surface area contributed by atoms with Crippen molar-refractivity contribution in [2.45, 2.75) is 32.7 Å². The van der Waals surface area contributed by atoms with Crippen molar-refractivity contribution < 1.29 is 4.74 Å². The second-order valence-corrected chi connectivity index (χ2v) is 4.39. The van der Waals surface area contributed by atoms with Gasteiger partial charge in [-0.15, -0.1) is 0 Å². The maximum absolute atomic E-state index is 5.02. The van der Waals surface area contributed by atoms with Gasteiger partial charge >= 0.3 is 0 Å². The van der Waals surface area contributed by atoms with Gasteiger partial charge in [0.05, 0.1) is 0 Å². The number of rotatable bonds is 7. The van der Waals surface area contributed by atoms with Crippen LogP contribution in [0.2, 0.25) is 0 Å². The predicted molar refractivity (Wildman–Crippen MR) is 68.8 cm³/mol. The Labute approximate surface area is 99.0 Å². The van der Waals surface area contributed by atoms with Gasteiger partial charge in [0.25, 0.3) is 0 Å². The Hall–Kier alpha value is -0.860. The van der Waals surface area contributed by atoms with Gasteiger partial charge in [-0.2, -0.15) is 0 Å². The molecule has 16 heavy (non-hydrogen) atoms. The first-order valence-corrected chi connectivity index (χ1v) is 6.00. The van der Waals surface area contributed by atoms with Crippen LogP contribution in [-0.2, 0) is 11.2 Å². The number of nitrogens with one attached hydrogen (secondary N) is 1. The van der Waals surface area contributed by atoms with Gasteiger partial charge in [-0.05, 0) is 38.8 Å². The normalized spacial score (nSPS) is 12.7. The second kappa shape index (κ2) is 7.42. The number of ether oxygens (including phenoxy) is 1. The van der Waals surface area contributed by atoms with Crippen LogP contribution in [0.15, 0.2) is 24.3 Å². The van der Waals surface area contributed by atoms with Crippen LogP contribution in [0.4, 0.5) is 0 Å². The Kier molecular flexibility index (Phi) is 6.12. The van der Waals surface area contributed by atoms with E-state index < -0.39 is 0 Å². The Balaban J connectivity index is 2.23. The third kappa shape index (κ3) is 5.29. The lowest BCUT2D eigenvalue weighted by Gasteiger charge is -2.13. The largest absolute Gasteiger partial charge is 0.385 e. The highest BCUT2D eigenvalue weighted by atomic mass is 16.5. The molecule has 0 saturated heterocycles. The molecule has 0 aliphatic heterocycles. The summed E-state index contributed by atoms with van der Waals surface area (Å²) >= 11 is 0. The number of benzene rings is 1. The molecule has 0 radical (unpaired) electrons. The first-order valence-electron chi connectivity index (χ1n) is 6.00. The van der Waals surface area contributed by atoms with Crippen LogP contribution in [0.1, 0.15) is 24.5 Å². The molecular weight excluding hydrogens is 198 g/mol. The Morgan fingerprint density at radius 1 is 1.25 bits per heavy atom. The first-order chi connectivity index (χ1) is 7.72. The molecule has 1 aromatic carbocycles. The summed E-state index contributed by atoms with van der Waals surface area (Å²) in [5.41, 5.74) is 2.72. The standard InChI is InChI=1S/C14H23NO/c1-12-5-7-14(8-6-12)11-13(2)15-9-4-10-16-3/h5-8,13,15H,4,9-11H2,1-3H3. The topological polar surface area (TPSA) is 21.3 Å². The molecule has 0 heterocycles. The predicted octanol–water partition coefficient (Wildman–Crippen LogP) is 2.55. The van der Waals surface area contributed by atoms with Gasteiger partial charge in [-0.3, -0.25) is 0 Å². The van der Waals surface area contributed by atoms with Crippen molar-refractivity contribution >= 4 is 0 Å². The third-order valence-electron chi connectivity index (χ3n) is 2.68. The van der Waals surface area contributed by atoms with E-state index in [2.05, 4.69) is 43.4 Å². The van der Waals surface area contributed by atoms with Crippen LogP contribution in [0.3, 0.4) is 0 Å². The lowest BCUT2D eigenvalue weighted by atomic mass is 10.1. The fourth-order valence-corrected chi connectivity index (χ4v) is 1.71. The summed E-state index contributed by atoms with van der Waals surface area (Å²) in [6, 6.07) is 9.30. The lowest BCUT2D eigenvalue weighted by Crippen LogP contribution is -2.29. The third-order valence-corrected chi connectivity index (χ3v) is 2.68. The Morgan fingerprint density at radius 3 is 2.56 bits per heavy atom. The van der Waals surface area contributed by atoms with Gasteiger partial charge in [0.1, 0.15) is 0 Å². The zero-order valence-corrected chi connectivity index (χ0v) is 10.6. The molecule has 0 fully saturated rings. The monoisotopic (exact) mass is 221 g/mol. The van der Waals surface area contributed by atoms with Crippen molar-refractivity contribution in [3.8, 4) is 0 Å². The maximum atomic E-state index is 5.02. The van der Waals surface area contributed by atoms with E-state index in [1.165, 1.54) is 11.1 Å². The highest BCUT2D eigenvalue weighted by Gasteiger charge is 2.02. The van der Waals surface area contributed by atoms with E-state index in [4.69, 9.17) is 4.74 Å². The molecule has 0 amide bonds. The molecule has 1 unspecified atom stereocenters. The van der Waals surface area contributed by atoms with Crippen LogP contribution in [0.25, 0.3) is 0 Å². The van der Waals surface area contributed by atoms with Gasteiger partial charge in [-0.1, -0.05) is 29.8 Å². The number of methoxy groups -OCH3 is 1. The zero-order chi connectivity index (χ0) is 11.8. The first kappa shape index (κ1) is 13.2. The molecule has 0 spiro atoms. The number of hydrogen-bond acceptors (Lipinski definition) is 2. The van der Waals surface area contributed by atoms with E-state index in [9.17, 15) is 0 Å². The minimum Gasteiger partial charge on any atom is -0.385 e. The summed E-state index contributed by atoms with van der Waals surface area (Å²) in [6.45, 7) is 6.22. The summed E-state index contributed by atoms with van der Waals surface area (Å²) in [5, 5.41) is 3.50. The molecule has 2 nitrogen and oxygen atoms in total. The van der Waals surface area contributed by atoms with Crippen LogP contribution in [0.5, 0.6) is 0 Å². The highest BCUT2D eigenvalue weighted by Crippen LogP contribution is 2.05. The van der Waals surface area contributed by atoms with E-state index in [0.29, 0.717) is 6.04 Å². The van der Waals surface area contributed by atoms with E-state index in [1.807, 2.05) is 0 Å². The summed E-state index contributed by atoms with van der Waals surface area (Å²) in [6.07, 6.45) is 2.17. The molecule has 0 aliphatic carbocycles. The SMILES string of the molecule is COCCCNC(C)Cc1ccc(C)cc1. The van der Waals surface area contributed by atoms with E-state index >= 15 is 0 Å². The van der Waals surface area contributed by atoms with E-state index in [1.54, 1.807) is 7.11 Å². The molecule has 90 valence electrons. The summed E-state index contributed by atoms with van der Waals surface area (Å²) in [7, 11) is 1.75. The highest BCUT2D eigenvalue weighted by molar-refractivity contribution is 5.21. The van der Waals surface area contributed by atoms with Crippen LogP contribution in [-0.4, -0.2) is 26.3 Å². The van der Waals surface area contributed by atoms with Gasteiger partial charge in [0, 0.05) is 19.8 Å². The Morgan fingerprint density at radius 2 is 1.94 bits per heavy atom. The van der Waals surface area contributed by atoms with Crippen molar-refractivity contribution in [3.05, 3.63) is 35.4 Å².